The lowest BCUT2D eigenvalue weighted by molar-refractivity contribution is -0.384. The Balaban J connectivity index is 2.77. The fraction of sp³-hybridized carbons (Fsp3) is 0.286. The van der Waals surface area contributed by atoms with Crippen LogP contribution in [-0.2, 0) is 0 Å². The van der Waals surface area contributed by atoms with Crippen molar-refractivity contribution in [2.45, 2.75) is 25.2 Å². The summed E-state index contributed by atoms with van der Waals surface area (Å²) in [4.78, 5) is 12.4. The first kappa shape index (κ1) is 14.5. The number of nitro benzene ring substituents is 1. The van der Waals surface area contributed by atoms with E-state index in [0.717, 1.165) is 11.3 Å². The molecule has 0 N–H and O–H groups in total. The summed E-state index contributed by atoms with van der Waals surface area (Å²) in [6, 6.07) is 6.64. The molecule has 0 fully saturated rings. The van der Waals surface area contributed by atoms with E-state index in [-0.39, 0.29) is 10.6 Å². The lowest BCUT2D eigenvalue weighted by Crippen LogP contribution is -1.94. The van der Waals surface area contributed by atoms with Crippen molar-refractivity contribution >= 4 is 17.4 Å². The first-order valence-electron chi connectivity index (χ1n) is 5.78. The zero-order valence-electron chi connectivity index (χ0n) is 10.6. The van der Waals surface area contributed by atoms with Crippen molar-refractivity contribution in [2.24, 2.45) is 5.92 Å². The summed E-state index contributed by atoms with van der Waals surface area (Å²) >= 11 is 1.65. The van der Waals surface area contributed by atoms with E-state index < -0.39 is 0 Å². The molecule has 0 aliphatic rings. The molecule has 0 radical (unpaired) electrons. The van der Waals surface area contributed by atoms with Gasteiger partial charge in [0.15, 0.2) is 0 Å². The number of nitro groups is 1. The van der Waals surface area contributed by atoms with Crippen LogP contribution in [0.25, 0.3) is 0 Å². The third kappa shape index (κ3) is 4.04. The molecule has 0 spiro atoms. The second-order valence-corrected chi connectivity index (χ2v) is 5.12. The molecule has 1 atom stereocenters. The van der Waals surface area contributed by atoms with E-state index in [0.29, 0.717) is 5.92 Å². The first-order chi connectivity index (χ1) is 8.58. The first-order valence-corrected chi connectivity index (χ1v) is 6.59. The SMILES string of the molecule is C=CC[C@@H](C)/C(=C\C)Sc1ccc([N+](=O)[O-])cc1. The van der Waals surface area contributed by atoms with E-state index >= 15 is 0 Å². The summed E-state index contributed by atoms with van der Waals surface area (Å²) in [5, 5.41) is 10.6. The third-order valence-electron chi connectivity index (χ3n) is 2.57. The lowest BCUT2D eigenvalue weighted by atomic mass is 10.1. The third-order valence-corrected chi connectivity index (χ3v) is 3.96. The smallest absolute Gasteiger partial charge is 0.258 e. The van der Waals surface area contributed by atoms with Crippen LogP contribution in [0.4, 0.5) is 5.69 Å². The molecule has 3 nitrogen and oxygen atoms in total. The fourth-order valence-corrected chi connectivity index (χ4v) is 2.54. The monoisotopic (exact) mass is 263 g/mol. The maximum Gasteiger partial charge on any atom is 0.269 e. The van der Waals surface area contributed by atoms with Crippen molar-refractivity contribution in [3.63, 3.8) is 0 Å². The Labute approximate surface area is 112 Å². The molecule has 0 bridgehead atoms. The number of non-ortho nitro benzene ring substituents is 1. The molecular weight excluding hydrogens is 246 g/mol. The van der Waals surface area contributed by atoms with Crippen molar-refractivity contribution in [2.75, 3.05) is 0 Å². The number of thioether (sulfide) groups is 1. The van der Waals surface area contributed by atoms with Crippen LogP contribution < -0.4 is 0 Å². The molecule has 1 aromatic rings. The predicted octanol–water partition coefficient (Wildman–Crippen LogP) is 4.80. The average molecular weight is 263 g/mol. The van der Waals surface area contributed by atoms with Gasteiger partial charge in [-0.3, -0.25) is 10.1 Å². The van der Waals surface area contributed by atoms with Crippen molar-refractivity contribution in [3.8, 4) is 0 Å². The summed E-state index contributed by atoms with van der Waals surface area (Å²) in [5.74, 6) is 0.424. The van der Waals surface area contributed by atoms with Crippen LogP contribution in [0.2, 0.25) is 0 Å². The molecule has 18 heavy (non-hydrogen) atoms. The number of hydrogen-bond acceptors (Lipinski definition) is 3. The minimum absolute atomic E-state index is 0.125. The highest BCUT2D eigenvalue weighted by Crippen LogP contribution is 2.34. The largest absolute Gasteiger partial charge is 0.269 e. The van der Waals surface area contributed by atoms with Gasteiger partial charge in [-0.15, -0.1) is 6.58 Å². The van der Waals surface area contributed by atoms with Gasteiger partial charge >= 0.3 is 0 Å². The summed E-state index contributed by atoms with van der Waals surface area (Å²) in [6.45, 7) is 7.90. The summed E-state index contributed by atoms with van der Waals surface area (Å²) in [5.41, 5.74) is 0.125. The number of allylic oxidation sites excluding steroid dienone is 3. The summed E-state index contributed by atoms with van der Waals surface area (Å²) < 4.78 is 0. The van der Waals surface area contributed by atoms with E-state index in [4.69, 9.17) is 0 Å². The van der Waals surface area contributed by atoms with Crippen molar-refractivity contribution < 1.29 is 4.92 Å². The highest BCUT2D eigenvalue weighted by molar-refractivity contribution is 8.03. The van der Waals surface area contributed by atoms with Crippen LogP contribution in [0.3, 0.4) is 0 Å². The molecule has 1 aromatic carbocycles. The Bertz CT molecular complexity index is 451. The van der Waals surface area contributed by atoms with Gasteiger partial charge in [0.1, 0.15) is 0 Å². The zero-order chi connectivity index (χ0) is 13.5. The molecule has 0 saturated carbocycles. The van der Waals surface area contributed by atoms with E-state index in [9.17, 15) is 10.1 Å². The van der Waals surface area contributed by atoms with E-state index in [2.05, 4.69) is 19.6 Å². The van der Waals surface area contributed by atoms with Gasteiger partial charge in [0.05, 0.1) is 4.92 Å². The average Bonchev–Trinajstić information content (AvgIpc) is 2.36. The summed E-state index contributed by atoms with van der Waals surface area (Å²) in [6.07, 6.45) is 4.92. The topological polar surface area (TPSA) is 43.1 Å². The van der Waals surface area contributed by atoms with Gasteiger partial charge in [0, 0.05) is 17.0 Å². The Hall–Kier alpha value is -1.55. The fourth-order valence-electron chi connectivity index (χ4n) is 1.58. The predicted molar refractivity (Wildman–Crippen MR) is 76.7 cm³/mol. The zero-order valence-corrected chi connectivity index (χ0v) is 11.4. The number of benzene rings is 1. The Kier molecular flexibility index (Phi) is 5.65. The molecule has 0 aliphatic carbocycles. The van der Waals surface area contributed by atoms with E-state index in [1.54, 1.807) is 23.9 Å². The van der Waals surface area contributed by atoms with Gasteiger partial charge in [-0.25, -0.2) is 0 Å². The Morgan fingerprint density at radius 3 is 2.56 bits per heavy atom. The normalized spacial score (nSPS) is 13.1. The van der Waals surface area contributed by atoms with E-state index in [1.807, 2.05) is 13.0 Å². The highest BCUT2D eigenvalue weighted by Gasteiger charge is 2.10. The molecule has 0 aromatic heterocycles. The highest BCUT2D eigenvalue weighted by atomic mass is 32.2. The van der Waals surface area contributed by atoms with Crippen LogP contribution >= 0.6 is 11.8 Å². The second kappa shape index (κ2) is 7.01. The molecule has 0 heterocycles. The number of rotatable bonds is 6. The molecule has 1 rings (SSSR count). The van der Waals surface area contributed by atoms with Crippen molar-refractivity contribution in [1.29, 1.82) is 0 Å². The molecule has 0 amide bonds. The van der Waals surface area contributed by atoms with Gasteiger partial charge in [0.25, 0.3) is 5.69 Å². The Morgan fingerprint density at radius 2 is 2.11 bits per heavy atom. The van der Waals surface area contributed by atoms with Gasteiger partial charge in [0.2, 0.25) is 0 Å². The lowest BCUT2D eigenvalue weighted by Gasteiger charge is -2.13. The van der Waals surface area contributed by atoms with Crippen LogP contribution in [0.5, 0.6) is 0 Å². The number of hydrogen-bond donors (Lipinski definition) is 0. The molecule has 0 aliphatic heterocycles. The summed E-state index contributed by atoms with van der Waals surface area (Å²) in [7, 11) is 0. The van der Waals surface area contributed by atoms with Gasteiger partial charge < -0.3 is 0 Å². The van der Waals surface area contributed by atoms with E-state index in [1.165, 1.54) is 17.0 Å². The minimum atomic E-state index is -0.384. The van der Waals surface area contributed by atoms with Crippen LogP contribution in [0.15, 0.2) is 52.8 Å². The number of nitrogens with zero attached hydrogens (tertiary/aromatic N) is 1. The van der Waals surface area contributed by atoms with Crippen molar-refractivity contribution in [3.05, 3.63) is 58.0 Å². The minimum Gasteiger partial charge on any atom is -0.258 e. The van der Waals surface area contributed by atoms with Crippen LogP contribution in [-0.4, -0.2) is 4.92 Å². The maximum atomic E-state index is 10.6. The van der Waals surface area contributed by atoms with Gasteiger partial charge in [-0.05, 0) is 36.3 Å². The Morgan fingerprint density at radius 1 is 1.50 bits per heavy atom. The standard InChI is InChI=1S/C14H17NO2S/c1-4-6-11(3)14(5-2)18-13-9-7-12(8-10-13)15(16)17/h4-5,7-11H,1,6H2,2-3H3/b14-5+/t11-/m1/s1. The van der Waals surface area contributed by atoms with Crippen LogP contribution in [0.1, 0.15) is 20.3 Å². The molecule has 96 valence electrons. The maximum absolute atomic E-state index is 10.6. The molecule has 0 saturated heterocycles. The molecule has 0 unspecified atom stereocenters. The van der Waals surface area contributed by atoms with Crippen molar-refractivity contribution in [1.82, 2.24) is 0 Å². The van der Waals surface area contributed by atoms with Gasteiger partial charge in [-0.1, -0.05) is 30.8 Å². The van der Waals surface area contributed by atoms with Crippen LogP contribution in [0, 0.1) is 16.0 Å². The quantitative estimate of drug-likeness (QED) is 0.320. The van der Waals surface area contributed by atoms with Gasteiger partial charge in [-0.2, -0.15) is 0 Å². The second-order valence-electron chi connectivity index (χ2n) is 3.97. The molecule has 4 heteroatoms. The molecular formula is C14H17NO2S.